The maximum Gasteiger partial charge on any atom is 0.338 e. The number of rotatable bonds is 2. The third kappa shape index (κ3) is 2.12. The molecule has 1 aliphatic carbocycles. The van der Waals surface area contributed by atoms with E-state index < -0.39 is 17.6 Å². The molecule has 3 fully saturated rings. The van der Waals surface area contributed by atoms with Gasteiger partial charge in [0.2, 0.25) is 0 Å². The summed E-state index contributed by atoms with van der Waals surface area (Å²) >= 11 is 0. The lowest BCUT2D eigenvalue weighted by Crippen LogP contribution is -2.50. The Balaban J connectivity index is 1.93. The van der Waals surface area contributed by atoms with Gasteiger partial charge in [0, 0.05) is 5.41 Å². The van der Waals surface area contributed by atoms with E-state index in [9.17, 15) is 9.59 Å². The fourth-order valence-electron chi connectivity index (χ4n) is 3.46. The fourth-order valence-corrected chi connectivity index (χ4v) is 3.46. The number of esters is 2. The molecule has 0 N–H and O–H groups in total. The Kier molecular flexibility index (Phi) is 3.45. The average molecular weight is 270 g/mol. The van der Waals surface area contributed by atoms with Crippen LogP contribution in [-0.2, 0) is 28.5 Å². The normalized spacial score (nSPS) is 34.7. The van der Waals surface area contributed by atoms with Gasteiger partial charge in [-0.25, -0.2) is 9.59 Å². The van der Waals surface area contributed by atoms with E-state index in [2.05, 4.69) is 0 Å². The monoisotopic (exact) mass is 270 g/mol. The van der Waals surface area contributed by atoms with Crippen molar-refractivity contribution in [3.63, 3.8) is 0 Å². The van der Waals surface area contributed by atoms with Crippen molar-refractivity contribution in [3.8, 4) is 0 Å². The van der Waals surface area contributed by atoms with Crippen LogP contribution in [-0.4, -0.2) is 37.7 Å². The SMILES string of the molecule is O=C1OCO[C@H]1C1([C@@H]2OCOC2=O)CCCCCC1. The van der Waals surface area contributed by atoms with Crippen LogP contribution in [0.15, 0.2) is 0 Å². The van der Waals surface area contributed by atoms with Gasteiger partial charge in [-0.2, -0.15) is 0 Å². The summed E-state index contributed by atoms with van der Waals surface area (Å²) in [6.07, 6.45) is 4.17. The molecule has 0 spiro atoms. The minimum absolute atomic E-state index is 0.0347. The summed E-state index contributed by atoms with van der Waals surface area (Å²) in [7, 11) is 0. The van der Waals surface area contributed by atoms with Crippen molar-refractivity contribution in [2.75, 3.05) is 13.6 Å². The first-order valence-corrected chi connectivity index (χ1v) is 6.80. The Morgan fingerprint density at radius 1 is 0.789 bits per heavy atom. The van der Waals surface area contributed by atoms with Crippen molar-refractivity contribution in [2.45, 2.75) is 50.7 Å². The summed E-state index contributed by atoms with van der Waals surface area (Å²) < 4.78 is 20.8. The van der Waals surface area contributed by atoms with E-state index >= 15 is 0 Å². The van der Waals surface area contributed by atoms with Gasteiger partial charge in [0.05, 0.1) is 0 Å². The average Bonchev–Trinajstić information content (AvgIpc) is 2.94. The Hall–Kier alpha value is -1.14. The van der Waals surface area contributed by atoms with E-state index in [1.807, 2.05) is 0 Å². The number of hydrogen-bond donors (Lipinski definition) is 0. The molecular formula is C13H18O6. The van der Waals surface area contributed by atoms with E-state index in [4.69, 9.17) is 18.9 Å². The van der Waals surface area contributed by atoms with Crippen molar-refractivity contribution in [1.29, 1.82) is 0 Å². The highest BCUT2D eigenvalue weighted by Crippen LogP contribution is 2.46. The van der Waals surface area contributed by atoms with E-state index in [1.54, 1.807) is 0 Å². The van der Waals surface area contributed by atoms with Crippen LogP contribution in [0.25, 0.3) is 0 Å². The number of cyclic esters (lactones) is 2. The van der Waals surface area contributed by atoms with Crippen LogP contribution in [0.5, 0.6) is 0 Å². The van der Waals surface area contributed by atoms with Gasteiger partial charge in [0.1, 0.15) is 0 Å². The third-order valence-corrected chi connectivity index (χ3v) is 4.38. The van der Waals surface area contributed by atoms with Crippen LogP contribution in [0, 0.1) is 5.41 Å². The van der Waals surface area contributed by atoms with Gasteiger partial charge in [0.15, 0.2) is 25.8 Å². The molecule has 106 valence electrons. The van der Waals surface area contributed by atoms with Crippen LogP contribution >= 0.6 is 0 Å². The molecule has 2 aliphatic heterocycles. The minimum atomic E-state index is -0.707. The van der Waals surface area contributed by atoms with Gasteiger partial charge < -0.3 is 18.9 Å². The standard InChI is InChI=1S/C13H18O6/c14-11-9(16-7-18-11)13(5-3-1-2-4-6-13)10-12(15)19-8-17-10/h9-10H,1-8H2/t9-,10-/m1/s1. The zero-order valence-corrected chi connectivity index (χ0v) is 10.8. The van der Waals surface area contributed by atoms with Crippen LogP contribution in [0.3, 0.4) is 0 Å². The van der Waals surface area contributed by atoms with Gasteiger partial charge in [-0.05, 0) is 12.8 Å². The Bertz CT molecular complexity index is 343. The van der Waals surface area contributed by atoms with E-state index in [0.29, 0.717) is 0 Å². The molecule has 1 saturated carbocycles. The Morgan fingerprint density at radius 3 is 1.63 bits per heavy atom. The molecular weight excluding hydrogens is 252 g/mol. The molecule has 2 atom stereocenters. The molecule has 0 aromatic carbocycles. The highest BCUT2D eigenvalue weighted by Gasteiger charge is 2.57. The van der Waals surface area contributed by atoms with Crippen LogP contribution in [0.4, 0.5) is 0 Å². The zero-order valence-electron chi connectivity index (χ0n) is 10.8. The van der Waals surface area contributed by atoms with Gasteiger partial charge >= 0.3 is 11.9 Å². The lowest BCUT2D eigenvalue weighted by Gasteiger charge is -2.37. The maximum atomic E-state index is 11.9. The van der Waals surface area contributed by atoms with Crippen molar-refractivity contribution >= 4 is 11.9 Å². The molecule has 2 heterocycles. The number of carbonyl (C=O) groups excluding carboxylic acids is 2. The predicted octanol–water partition coefficient (Wildman–Crippen LogP) is 1.13. The first kappa shape index (κ1) is 12.9. The lowest BCUT2D eigenvalue weighted by atomic mass is 9.70. The highest BCUT2D eigenvalue weighted by molar-refractivity contribution is 5.82. The summed E-state index contributed by atoms with van der Waals surface area (Å²) in [6, 6.07) is 0. The van der Waals surface area contributed by atoms with E-state index in [-0.39, 0.29) is 25.5 Å². The van der Waals surface area contributed by atoms with E-state index in [1.165, 1.54) is 0 Å². The lowest BCUT2D eigenvalue weighted by molar-refractivity contribution is -0.154. The molecule has 0 unspecified atom stereocenters. The summed E-state index contributed by atoms with van der Waals surface area (Å²) in [5.74, 6) is -0.768. The van der Waals surface area contributed by atoms with Crippen molar-refractivity contribution in [3.05, 3.63) is 0 Å². The second kappa shape index (κ2) is 5.09. The Labute approximate surface area is 111 Å². The van der Waals surface area contributed by atoms with E-state index in [0.717, 1.165) is 38.5 Å². The molecule has 19 heavy (non-hydrogen) atoms. The van der Waals surface area contributed by atoms with Gasteiger partial charge in [-0.1, -0.05) is 25.7 Å². The topological polar surface area (TPSA) is 71.1 Å². The largest absolute Gasteiger partial charge is 0.436 e. The highest BCUT2D eigenvalue weighted by atomic mass is 16.7. The summed E-state index contributed by atoms with van der Waals surface area (Å²) in [5, 5.41) is 0. The van der Waals surface area contributed by atoms with Gasteiger partial charge in [-0.15, -0.1) is 0 Å². The quantitative estimate of drug-likeness (QED) is 0.553. The Morgan fingerprint density at radius 2 is 1.26 bits per heavy atom. The first-order chi connectivity index (χ1) is 9.24. The first-order valence-electron chi connectivity index (χ1n) is 6.80. The maximum absolute atomic E-state index is 11.9. The molecule has 6 heteroatoms. The number of ether oxygens (including phenoxy) is 4. The van der Waals surface area contributed by atoms with Gasteiger partial charge in [0.25, 0.3) is 0 Å². The smallest absolute Gasteiger partial charge is 0.338 e. The molecule has 0 radical (unpaired) electrons. The molecule has 0 amide bonds. The van der Waals surface area contributed by atoms with Crippen LogP contribution in [0.2, 0.25) is 0 Å². The van der Waals surface area contributed by atoms with Crippen molar-refractivity contribution in [1.82, 2.24) is 0 Å². The van der Waals surface area contributed by atoms with Crippen molar-refractivity contribution in [2.24, 2.45) is 5.41 Å². The molecule has 0 aromatic heterocycles. The summed E-state index contributed by atoms with van der Waals surface area (Å²) in [4.78, 5) is 23.8. The molecule has 3 aliphatic rings. The fraction of sp³-hybridized carbons (Fsp3) is 0.846. The third-order valence-electron chi connectivity index (χ3n) is 4.38. The molecule has 0 bridgehead atoms. The second-order valence-electron chi connectivity index (χ2n) is 5.40. The molecule has 6 nitrogen and oxygen atoms in total. The zero-order chi connectivity index (χ0) is 13.3. The molecule has 2 saturated heterocycles. The second-order valence-corrected chi connectivity index (χ2v) is 5.40. The number of hydrogen-bond acceptors (Lipinski definition) is 6. The van der Waals surface area contributed by atoms with Gasteiger partial charge in [-0.3, -0.25) is 0 Å². The summed E-state index contributed by atoms with van der Waals surface area (Å²) in [5.41, 5.74) is -0.627. The molecule has 3 rings (SSSR count). The van der Waals surface area contributed by atoms with Crippen LogP contribution in [0.1, 0.15) is 38.5 Å². The number of carbonyl (C=O) groups is 2. The predicted molar refractivity (Wildman–Crippen MR) is 61.8 cm³/mol. The molecule has 0 aromatic rings. The van der Waals surface area contributed by atoms with Crippen LogP contribution < -0.4 is 0 Å². The van der Waals surface area contributed by atoms with Crippen molar-refractivity contribution < 1.29 is 28.5 Å². The minimum Gasteiger partial charge on any atom is -0.436 e. The summed E-state index contributed by atoms with van der Waals surface area (Å²) in [6.45, 7) is -0.0694.